The maximum Gasteiger partial charge on any atom is 0.329 e. The van der Waals surface area contributed by atoms with Crippen molar-refractivity contribution >= 4 is 23.4 Å². The molecule has 0 bridgehead atoms. The highest BCUT2D eigenvalue weighted by atomic mass is 16.5. The van der Waals surface area contributed by atoms with Crippen molar-refractivity contribution in [3.8, 4) is 0 Å². The van der Waals surface area contributed by atoms with Gasteiger partial charge in [-0.05, 0) is 27.7 Å². The summed E-state index contributed by atoms with van der Waals surface area (Å²) in [5, 5.41) is 8.83. The third-order valence-electron chi connectivity index (χ3n) is 2.08. The van der Waals surface area contributed by atoms with E-state index in [-0.39, 0.29) is 24.4 Å². The molecule has 21 heavy (non-hydrogen) atoms. The van der Waals surface area contributed by atoms with Crippen LogP contribution in [0, 0.1) is 0 Å². The van der Waals surface area contributed by atoms with Gasteiger partial charge >= 0.3 is 11.8 Å². The molecule has 0 heterocycles. The lowest BCUT2D eigenvalue weighted by atomic mass is 10.1. The van der Waals surface area contributed by atoms with Crippen LogP contribution in [-0.4, -0.2) is 49.2 Å². The summed E-state index contributed by atoms with van der Waals surface area (Å²) in [6.07, 6.45) is 0.0445. The minimum Gasteiger partial charge on any atom is -0.383 e. The van der Waals surface area contributed by atoms with Crippen molar-refractivity contribution in [2.45, 2.75) is 39.7 Å². The number of amides is 3. The molecule has 0 aromatic carbocycles. The normalized spacial score (nSPS) is 11.8. The zero-order valence-corrected chi connectivity index (χ0v) is 13.2. The zero-order valence-electron chi connectivity index (χ0n) is 13.2. The lowest BCUT2D eigenvalue weighted by Gasteiger charge is -2.20. The van der Waals surface area contributed by atoms with Gasteiger partial charge in [-0.15, -0.1) is 0 Å². The van der Waals surface area contributed by atoms with E-state index in [1.807, 2.05) is 20.8 Å². The fourth-order valence-electron chi connectivity index (χ4n) is 1.28. The third kappa shape index (κ3) is 10.5. The monoisotopic (exact) mass is 300 g/mol. The molecule has 120 valence electrons. The first-order chi connectivity index (χ1) is 9.65. The van der Waals surface area contributed by atoms with Crippen molar-refractivity contribution < 1.29 is 19.1 Å². The van der Waals surface area contributed by atoms with E-state index in [0.29, 0.717) is 12.3 Å². The third-order valence-corrected chi connectivity index (χ3v) is 2.08. The second kappa shape index (κ2) is 9.06. The van der Waals surface area contributed by atoms with Crippen molar-refractivity contribution in [1.82, 2.24) is 16.1 Å². The molecule has 0 aliphatic rings. The highest BCUT2D eigenvalue weighted by molar-refractivity contribution is 6.35. The summed E-state index contributed by atoms with van der Waals surface area (Å²) in [6, 6.07) is 0. The molecule has 3 amide bonds. The van der Waals surface area contributed by atoms with E-state index in [1.165, 1.54) is 7.11 Å². The van der Waals surface area contributed by atoms with Gasteiger partial charge in [-0.2, -0.15) is 5.10 Å². The predicted octanol–water partition coefficient (Wildman–Crippen LogP) is -0.454. The second-order valence-corrected chi connectivity index (χ2v) is 5.51. The first-order valence-electron chi connectivity index (χ1n) is 6.57. The fraction of sp³-hybridized carbons (Fsp3) is 0.692. The van der Waals surface area contributed by atoms with Crippen LogP contribution < -0.4 is 16.1 Å². The molecule has 0 saturated heterocycles. The average molecular weight is 300 g/mol. The Kier molecular flexibility index (Phi) is 8.22. The first-order valence-corrected chi connectivity index (χ1v) is 6.57. The van der Waals surface area contributed by atoms with E-state index in [2.05, 4.69) is 21.2 Å². The number of nitrogens with zero attached hydrogens (tertiary/aromatic N) is 1. The SMILES string of the molecule is COCCNC(=O)C(=O)NN=C(C)CC(=O)NC(C)(C)C. The number of hydrogen-bond donors (Lipinski definition) is 3. The summed E-state index contributed by atoms with van der Waals surface area (Å²) in [5.74, 6) is -1.90. The van der Waals surface area contributed by atoms with E-state index in [4.69, 9.17) is 4.74 Å². The topological polar surface area (TPSA) is 109 Å². The Labute approximate surface area is 124 Å². The minimum atomic E-state index is -0.887. The molecular formula is C13H24N4O4. The molecule has 0 spiro atoms. The standard InChI is InChI=1S/C13H24N4O4/c1-9(8-10(18)15-13(2,3)4)16-17-12(20)11(19)14-6-7-21-5/h6-8H2,1-5H3,(H,14,19)(H,15,18)(H,17,20). The van der Waals surface area contributed by atoms with Gasteiger partial charge < -0.3 is 15.4 Å². The van der Waals surface area contributed by atoms with Gasteiger partial charge in [0.2, 0.25) is 5.91 Å². The number of hydrogen-bond acceptors (Lipinski definition) is 5. The van der Waals surface area contributed by atoms with Crippen molar-refractivity contribution in [3.63, 3.8) is 0 Å². The maximum atomic E-state index is 11.6. The maximum absolute atomic E-state index is 11.6. The second-order valence-electron chi connectivity index (χ2n) is 5.51. The van der Waals surface area contributed by atoms with Crippen LogP contribution in [0.25, 0.3) is 0 Å². The van der Waals surface area contributed by atoms with Gasteiger partial charge in [0.1, 0.15) is 0 Å². The van der Waals surface area contributed by atoms with Crippen LogP contribution in [0.5, 0.6) is 0 Å². The largest absolute Gasteiger partial charge is 0.383 e. The van der Waals surface area contributed by atoms with E-state index >= 15 is 0 Å². The van der Waals surface area contributed by atoms with E-state index in [0.717, 1.165) is 0 Å². The number of nitrogens with one attached hydrogen (secondary N) is 3. The van der Waals surface area contributed by atoms with Gasteiger partial charge in [0.05, 0.1) is 13.0 Å². The van der Waals surface area contributed by atoms with Crippen LogP contribution in [0.1, 0.15) is 34.1 Å². The van der Waals surface area contributed by atoms with Gasteiger partial charge in [-0.1, -0.05) is 0 Å². The van der Waals surface area contributed by atoms with Crippen molar-refractivity contribution in [2.75, 3.05) is 20.3 Å². The smallest absolute Gasteiger partial charge is 0.329 e. The van der Waals surface area contributed by atoms with Crippen LogP contribution in [0.2, 0.25) is 0 Å². The summed E-state index contributed by atoms with van der Waals surface area (Å²) >= 11 is 0. The summed E-state index contributed by atoms with van der Waals surface area (Å²) in [5.41, 5.74) is 2.16. The number of rotatable bonds is 6. The molecule has 0 saturated carbocycles. The number of methoxy groups -OCH3 is 1. The fourth-order valence-corrected chi connectivity index (χ4v) is 1.28. The molecule has 0 aromatic heterocycles. The van der Waals surface area contributed by atoms with Crippen LogP contribution in [0.4, 0.5) is 0 Å². The Morgan fingerprint density at radius 2 is 1.76 bits per heavy atom. The number of hydrazone groups is 1. The predicted molar refractivity (Wildman–Crippen MR) is 78.7 cm³/mol. The summed E-state index contributed by atoms with van der Waals surface area (Å²) < 4.78 is 4.74. The summed E-state index contributed by atoms with van der Waals surface area (Å²) in [7, 11) is 1.49. The van der Waals surface area contributed by atoms with Gasteiger partial charge in [0, 0.05) is 24.9 Å². The molecule has 0 rings (SSSR count). The number of ether oxygens (including phenoxy) is 1. The van der Waals surface area contributed by atoms with Crippen molar-refractivity contribution in [3.05, 3.63) is 0 Å². The van der Waals surface area contributed by atoms with Gasteiger partial charge in [-0.25, -0.2) is 5.43 Å². The van der Waals surface area contributed by atoms with Crippen molar-refractivity contribution in [1.29, 1.82) is 0 Å². The molecule has 3 N–H and O–H groups in total. The van der Waals surface area contributed by atoms with Gasteiger partial charge in [0.25, 0.3) is 0 Å². The highest BCUT2D eigenvalue weighted by Crippen LogP contribution is 1.99. The van der Waals surface area contributed by atoms with Crippen LogP contribution in [0.15, 0.2) is 5.10 Å². The average Bonchev–Trinajstić information content (AvgIpc) is 2.33. The van der Waals surface area contributed by atoms with E-state index < -0.39 is 11.8 Å². The minimum absolute atomic E-state index is 0.0445. The van der Waals surface area contributed by atoms with Crippen molar-refractivity contribution in [2.24, 2.45) is 5.10 Å². The van der Waals surface area contributed by atoms with E-state index in [1.54, 1.807) is 6.92 Å². The van der Waals surface area contributed by atoms with E-state index in [9.17, 15) is 14.4 Å². The van der Waals surface area contributed by atoms with Crippen LogP contribution in [0.3, 0.4) is 0 Å². The molecule has 0 aromatic rings. The summed E-state index contributed by atoms with van der Waals surface area (Å²) in [6.45, 7) is 7.73. The lowest BCUT2D eigenvalue weighted by Crippen LogP contribution is -2.41. The molecule has 8 nitrogen and oxygen atoms in total. The first kappa shape index (κ1) is 19.0. The molecule has 0 aliphatic heterocycles. The van der Waals surface area contributed by atoms with Crippen LogP contribution >= 0.6 is 0 Å². The highest BCUT2D eigenvalue weighted by Gasteiger charge is 2.15. The number of carbonyl (C=O) groups excluding carboxylic acids is 3. The zero-order chi connectivity index (χ0) is 16.5. The molecule has 0 radical (unpaired) electrons. The molecule has 0 unspecified atom stereocenters. The Morgan fingerprint density at radius 1 is 1.14 bits per heavy atom. The van der Waals surface area contributed by atoms with Gasteiger partial charge in [-0.3, -0.25) is 14.4 Å². The Morgan fingerprint density at radius 3 is 2.29 bits per heavy atom. The molecule has 0 atom stereocenters. The Hall–Kier alpha value is -1.96. The van der Waals surface area contributed by atoms with Gasteiger partial charge in [0.15, 0.2) is 0 Å². The summed E-state index contributed by atoms with van der Waals surface area (Å²) in [4.78, 5) is 34.3. The lowest BCUT2D eigenvalue weighted by molar-refractivity contribution is -0.139. The Balaban J connectivity index is 4.19. The van der Waals surface area contributed by atoms with Crippen LogP contribution in [-0.2, 0) is 19.1 Å². The quantitative estimate of drug-likeness (QED) is 0.267. The Bertz CT molecular complexity index is 413. The molecule has 0 fully saturated rings. The molecule has 8 heteroatoms. The number of carbonyl (C=O) groups is 3. The molecule has 0 aliphatic carbocycles. The molecular weight excluding hydrogens is 276 g/mol.